The summed E-state index contributed by atoms with van der Waals surface area (Å²) in [5.74, 6) is -0.720. The Kier molecular flexibility index (Phi) is 4.10. The third-order valence-electron chi connectivity index (χ3n) is 2.38. The van der Waals surface area contributed by atoms with Crippen LogP contribution < -0.4 is 0 Å². The Balaban J connectivity index is 2.01. The average molecular weight is 309 g/mol. The maximum absolute atomic E-state index is 12.7. The van der Waals surface area contributed by atoms with Crippen LogP contribution in [-0.2, 0) is 11.3 Å². The van der Waals surface area contributed by atoms with Crippen molar-refractivity contribution >= 4 is 21.9 Å². The second kappa shape index (κ2) is 5.78. The standard InChI is InChI=1S/C14H10BrFO2/c15-13-4-2-1-3-12(13)14(17)18-9-10-5-7-11(16)8-6-10/h1-8H,9H2. The normalized spacial score (nSPS) is 10.1. The van der Waals surface area contributed by atoms with Gasteiger partial charge in [0.25, 0.3) is 0 Å². The van der Waals surface area contributed by atoms with E-state index >= 15 is 0 Å². The summed E-state index contributed by atoms with van der Waals surface area (Å²) in [6.45, 7) is 0.125. The number of ether oxygens (including phenoxy) is 1. The van der Waals surface area contributed by atoms with E-state index in [1.54, 1.807) is 30.3 Å². The second-order valence-electron chi connectivity index (χ2n) is 3.68. The van der Waals surface area contributed by atoms with Crippen LogP contribution in [0.15, 0.2) is 53.0 Å². The van der Waals surface area contributed by atoms with E-state index in [9.17, 15) is 9.18 Å². The van der Waals surface area contributed by atoms with Crippen molar-refractivity contribution in [2.24, 2.45) is 0 Å². The smallest absolute Gasteiger partial charge is 0.339 e. The van der Waals surface area contributed by atoms with E-state index in [-0.39, 0.29) is 12.4 Å². The first-order valence-corrected chi connectivity index (χ1v) is 6.12. The second-order valence-corrected chi connectivity index (χ2v) is 4.54. The van der Waals surface area contributed by atoms with Gasteiger partial charge < -0.3 is 4.74 Å². The van der Waals surface area contributed by atoms with Gasteiger partial charge in [0.1, 0.15) is 12.4 Å². The largest absolute Gasteiger partial charge is 0.457 e. The lowest BCUT2D eigenvalue weighted by Gasteiger charge is -2.06. The highest BCUT2D eigenvalue weighted by Crippen LogP contribution is 2.17. The Morgan fingerprint density at radius 3 is 2.44 bits per heavy atom. The van der Waals surface area contributed by atoms with Crippen LogP contribution in [0.4, 0.5) is 4.39 Å². The van der Waals surface area contributed by atoms with Crippen LogP contribution in [0.3, 0.4) is 0 Å². The molecule has 0 radical (unpaired) electrons. The minimum atomic E-state index is -0.410. The van der Waals surface area contributed by atoms with Crippen LogP contribution in [-0.4, -0.2) is 5.97 Å². The van der Waals surface area contributed by atoms with Crippen molar-refractivity contribution in [3.05, 3.63) is 69.9 Å². The molecule has 2 aromatic carbocycles. The minimum Gasteiger partial charge on any atom is -0.457 e. The van der Waals surface area contributed by atoms with E-state index < -0.39 is 5.97 Å². The highest BCUT2D eigenvalue weighted by Gasteiger charge is 2.10. The van der Waals surface area contributed by atoms with Gasteiger partial charge in [-0.1, -0.05) is 24.3 Å². The topological polar surface area (TPSA) is 26.3 Å². The van der Waals surface area contributed by atoms with Gasteiger partial charge in [0.2, 0.25) is 0 Å². The fraction of sp³-hybridized carbons (Fsp3) is 0.0714. The third kappa shape index (κ3) is 3.17. The predicted molar refractivity (Wildman–Crippen MR) is 69.7 cm³/mol. The molecule has 2 rings (SSSR count). The van der Waals surface area contributed by atoms with E-state index in [2.05, 4.69) is 15.9 Å². The van der Waals surface area contributed by atoms with Crippen molar-refractivity contribution in [2.75, 3.05) is 0 Å². The monoisotopic (exact) mass is 308 g/mol. The van der Waals surface area contributed by atoms with E-state index in [4.69, 9.17) is 4.74 Å². The molecule has 0 amide bonds. The number of hydrogen-bond acceptors (Lipinski definition) is 2. The van der Waals surface area contributed by atoms with Crippen LogP contribution in [0.25, 0.3) is 0 Å². The highest BCUT2D eigenvalue weighted by atomic mass is 79.9. The number of carbonyl (C=O) groups excluding carboxylic acids is 1. The van der Waals surface area contributed by atoms with Crippen molar-refractivity contribution in [3.8, 4) is 0 Å². The van der Waals surface area contributed by atoms with Gasteiger partial charge in [-0.2, -0.15) is 0 Å². The van der Waals surface area contributed by atoms with Gasteiger partial charge in [-0.15, -0.1) is 0 Å². The number of benzene rings is 2. The molecular weight excluding hydrogens is 299 g/mol. The molecule has 0 saturated heterocycles. The predicted octanol–water partition coefficient (Wildman–Crippen LogP) is 3.95. The molecule has 2 nitrogen and oxygen atoms in total. The molecule has 4 heteroatoms. The third-order valence-corrected chi connectivity index (χ3v) is 3.07. The van der Waals surface area contributed by atoms with Crippen LogP contribution in [0.1, 0.15) is 15.9 Å². The molecule has 0 bridgehead atoms. The number of carbonyl (C=O) groups is 1. The van der Waals surface area contributed by atoms with Gasteiger partial charge in [-0.3, -0.25) is 0 Å². The summed E-state index contributed by atoms with van der Waals surface area (Å²) < 4.78 is 18.5. The maximum Gasteiger partial charge on any atom is 0.339 e. The Labute approximate surface area is 113 Å². The molecule has 2 aromatic rings. The zero-order valence-electron chi connectivity index (χ0n) is 9.40. The van der Waals surface area contributed by atoms with Crippen LogP contribution >= 0.6 is 15.9 Å². The Bertz CT molecular complexity index is 552. The molecule has 0 saturated carbocycles. The minimum absolute atomic E-state index is 0.125. The van der Waals surface area contributed by atoms with Crippen LogP contribution in [0.5, 0.6) is 0 Å². The Hall–Kier alpha value is -1.68. The molecule has 0 aliphatic rings. The lowest BCUT2D eigenvalue weighted by Crippen LogP contribution is -2.05. The fourth-order valence-corrected chi connectivity index (χ4v) is 1.88. The molecular formula is C14H10BrFO2. The summed E-state index contributed by atoms with van der Waals surface area (Å²) in [5.41, 5.74) is 1.22. The number of rotatable bonds is 3. The molecule has 0 heterocycles. The number of hydrogen-bond donors (Lipinski definition) is 0. The SMILES string of the molecule is O=C(OCc1ccc(F)cc1)c1ccccc1Br. The number of esters is 1. The van der Waals surface area contributed by atoms with Crippen molar-refractivity contribution in [1.82, 2.24) is 0 Å². The molecule has 0 aliphatic carbocycles. The van der Waals surface area contributed by atoms with Crippen molar-refractivity contribution in [3.63, 3.8) is 0 Å². The van der Waals surface area contributed by atoms with E-state index in [0.29, 0.717) is 10.0 Å². The molecule has 0 aromatic heterocycles. The van der Waals surface area contributed by atoms with Gasteiger partial charge in [0.05, 0.1) is 5.56 Å². The van der Waals surface area contributed by atoms with Gasteiger partial charge in [-0.25, -0.2) is 9.18 Å². The summed E-state index contributed by atoms with van der Waals surface area (Å²) in [5, 5.41) is 0. The average Bonchev–Trinajstić information content (AvgIpc) is 2.38. The van der Waals surface area contributed by atoms with Crippen LogP contribution in [0.2, 0.25) is 0 Å². The van der Waals surface area contributed by atoms with Crippen molar-refractivity contribution in [1.29, 1.82) is 0 Å². The molecule has 0 fully saturated rings. The van der Waals surface area contributed by atoms with Crippen molar-refractivity contribution in [2.45, 2.75) is 6.61 Å². The molecule has 0 aliphatic heterocycles. The van der Waals surface area contributed by atoms with Gasteiger partial charge in [0, 0.05) is 4.47 Å². The molecule has 0 unspecified atom stereocenters. The zero-order chi connectivity index (χ0) is 13.0. The quantitative estimate of drug-likeness (QED) is 0.803. The van der Waals surface area contributed by atoms with Gasteiger partial charge in [0.15, 0.2) is 0 Å². The summed E-state index contributed by atoms with van der Waals surface area (Å²) in [6, 6.07) is 12.9. The maximum atomic E-state index is 12.7. The first-order chi connectivity index (χ1) is 8.66. The van der Waals surface area contributed by atoms with Gasteiger partial charge in [-0.05, 0) is 45.8 Å². The number of halogens is 2. The van der Waals surface area contributed by atoms with E-state index in [0.717, 1.165) is 5.56 Å². The van der Waals surface area contributed by atoms with Gasteiger partial charge >= 0.3 is 5.97 Å². The molecule has 0 N–H and O–H groups in total. The summed E-state index contributed by atoms with van der Waals surface area (Å²) in [7, 11) is 0. The Morgan fingerprint density at radius 2 is 1.78 bits per heavy atom. The first kappa shape index (κ1) is 12.8. The van der Waals surface area contributed by atoms with Crippen molar-refractivity contribution < 1.29 is 13.9 Å². The highest BCUT2D eigenvalue weighted by molar-refractivity contribution is 9.10. The molecule has 92 valence electrons. The lowest BCUT2D eigenvalue weighted by atomic mass is 10.2. The summed E-state index contributed by atoms with van der Waals surface area (Å²) in [6.07, 6.45) is 0. The Morgan fingerprint density at radius 1 is 1.11 bits per heavy atom. The molecule has 18 heavy (non-hydrogen) atoms. The molecule has 0 atom stereocenters. The fourth-order valence-electron chi connectivity index (χ4n) is 1.43. The molecule has 0 spiro atoms. The van der Waals surface area contributed by atoms with E-state index in [1.165, 1.54) is 12.1 Å². The summed E-state index contributed by atoms with van der Waals surface area (Å²) in [4.78, 5) is 11.8. The van der Waals surface area contributed by atoms with Crippen LogP contribution in [0, 0.1) is 5.82 Å². The summed E-state index contributed by atoms with van der Waals surface area (Å²) >= 11 is 3.28. The van der Waals surface area contributed by atoms with E-state index in [1.807, 2.05) is 6.07 Å². The zero-order valence-corrected chi connectivity index (χ0v) is 11.0. The lowest BCUT2D eigenvalue weighted by molar-refractivity contribution is 0.0471. The first-order valence-electron chi connectivity index (χ1n) is 5.33.